The van der Waals surface area contributed by atoms with Crippen molar-refractivity contribution < 1.29 is 4.74 Å². The summed E-state index contributed by atoms with van der Waals surface area (Å²) in [6.07, 6.45) is 2.39. The lowest BCUT2D eigenvalue weighted by Crippen LogP contribution is -2.38. The van der Waals surface area contributed by atoms with Crippen molar-refractivity contribution in [3.63, 3.8) is 0 Å². The van der Waals surface area contributed by atoms with Crippen LogP contribution in [0.5, 0.6) is 5.75 Å². The van der Waals surface area contributed by atoms with Crippen LogP contribution in [0.4, 0.5) is 5.69 Å². The summed E-state index contributed by atoms with van der Waals surface area (Å²) in [5, 5.41) is 3.67. The zero-order valence-corrected chi connectivity index (χ0v) is 14.2. The Labute approximate surface area is 130 Å². The van der Waals surface area contributed by atoms with Gasteiger partial charge >= 0.3 is 0 Å². The molecule has 1 aromatic rings. The fraction of sp³-hybridized carbons (Fsp3) is 0.625. The summed E-state index contributed by atoms with van der Waals surface area (Å²) >= 11 is 3.57. The summed E-state index contributed by atoms with van der Waals surface area (Å²) in [4.78, 5) is 2.46. The first-order chi connectivity index (χ1) is 9.60. The van der Waals surface area contributed by atoms with E-state index in [1.54, 1.807) is 7.11 Å². The van der Waals surface area contributed by atoms with Crippen LogP contribution in [-0.2, 0) is 0 Å². The number of rotatable bonds is 4. The summed E-state index contributed by atoms with van der Waals surface area (Å²) < 4.78 is 6.63. The van der Waals surface area contributed by atoms with E-state index in [0.29, 0.717) is 6.04 Å². The molecule has 0 spiro atoms. The molecule has 1 unspecified atom stereocenters. The standard InChI is InChI=1S/C16H25BrN2O/c1-12(2)9-14-11-19(8-4-7-18-14)15-10-13(17)5-6-16(15)20-3/h5-6,10,12,14,18H,4,7-9,11H2,1-3H3. The Morgan fingerprint density at radius 2 is 2.25 bits per heavy atom. The van der Waals surface area contributed by atoms with Crippen LogP contribution in [0.15, 0.2) is 22.7 Å². The van der Waals surface area contributed by atoms with Crippen molar-refractivity contribution in [1.82, 2.24) is 5.32 Å². The molecule has 1 N–H and O–H groups in total. The number of anilines is 1. The van der Waals surface area contributed by atoms with Crippen LogP contribution in [0, 0.1) is 5.92 Å². The molecule has 0 radical (unpaired) electrons. The molecule has 1 fully saturated rings. The third-order valence-corrected chi connectivity index (χ3v) is 4.21. The van der Waals surface area contributed by atoms with Gasteiger partial charge in [-0.1, -0.05) is 29.8 Å². The zero-order chi connectivity index (χ0) is 14.5. The fourth-order valence-corrected chi connectivity index (χ4v) is 3.20. The Kier molecular flexibility index (Phi) is 5.73. The largest absolute Gasteiger partial charge is 0.495 e. The van der Waals surface area contributed by atoms with Gasteiger partial charge in [-0.25, -0.2) is 0 Å². The van der Waals surface area contributed by atoms with E-state index in [-0.39, 0.29) is 0 Å². The van der Waals surface area contributed by atoms with E-state index >= 15 is 0 Å². The van der Waals surface area contributed by atoms with Gasteiger partial charge in [-0.15, -0.1) is 0 Å². The van der Waals surface area contributed by atoms with Crippen molar-refractivity contribution in [3.05, 3.63) is 22.7 Å². The van der Waals surface area contributed by atoms with Gasteiger partial charge in [-0.05, 0) is 43.5 Å². The number of benzene rings is 1. The highest BCUT2D eigenvalue weighted by Crippen LogP contribution is 2.32. The van der Waals surface area contributed by atoms with Gasteiger partial charge in [-0.2, -0.15) is 0 Å². The summed E-state index contributed by atoms with van der Waals surface area (Å²) in [5.41, 5.74) is 1.19. The van der Waals surface area contributed by atoms with Crippen molar-refractivity contribution in [2.45, 2.75) is 32.7 Å². The summed E-state index contributed by atoms with van der Waals surface area (Å²) in [7, 11) is 1.74. The molecule has 1 atom stereocenters. The van der Waals surface area contributed by atoms with E-state index in [9.17, 15) is 0 Å². The average molecular weight is 341 g/mol. The van der Waals surface area contributed by atoms with E-state index < -0.39 is 0 Å². The lowest BCUT2D eigenvalue weighted by atomic mass is 10.0. The second kappa shape index (κ2) is 7.32. The lowest BCUT2D eigenvalue weighted by molar-refractivity contribution is 0.411. The predicted molar refractivity (Wildman–Crippen MR) is 88.8 cm³/mol. The van der Waals surface area contributed by atoms with Gasteiger partial charge in [0, 0.05) is 23.6 Å². The van der Waals surface area contributed by atoms with Gasteiger partial charge in [0.2, 0.25) is 0 Å². The SMILES string of the molecule is COc1ccc(Br)cc1N1CCCNC(CC(C)C)C1. The number of hydrogen-bond acceptors (Lipinski definition) is 3. The highest BCUT2D eigenvalue weighted by atomic mass is 79.9. The monoisotopic (exact) mass is 340 g/mol. The molecular weight excluding hydrogens is 316 g/mol. The third kappa shape index (κ3) is 4.13. The minimum atomic E-state index is 0.557. The number of nitrogens with zero attached hydrogens (tertiary/aromatic N) is 1. The molecule has 0 aromatic heterocycles. The van der Waals surface area contributed by atoms with Gasteiger partial charge in [-0.3, -0.25) is 0 Å². The minimum Gasteiger partial charge on any atom is -0.495 e. The molecular formula is C16H25BrN2O. The Morgan fingerprint density at radius 1 is 1.45 bits per heavy atom. The summed E-state index contributed by atoms with van der Waals surface area (Å²) in [5.74, 6) is 1.68. The molecule has 0 amide bonds. The Balaban J connectivity index is 2.19. The smallest absolute Gasteiger partial charge is 0.142 e. The van der Waals surface area contributed by atoms with Gasteiger partial charge in [0.25, 0.3) is 0 Å². The molecule has 1 aliphatic rings. The lowest BCUT2D eigenvalue weighted by Gasteiger charge is -2.28. The van der Waals surface area contributed by atoms with Crippen molar-refractivity contribution in [3.8, 4) is 5.75 Å². The maximum Gasteiger partial charge on any atom is 0.142 e. The van der Waals surface area contributed by atoms with Gasteiger partial charge in [0.1, 0.15) is 5.75 Å². The van der Waals surface area contributed by atoms with Crippen molar-refractivity contribution in [2.75, 3.05) is 31.6 Å². The highest BCUT2D eigenvalue weighted by Gasteiger charge is 2.21. The van der Waals surface area contributed by atoms with Crippen LogP contribution in [0.1, 0.15) is 26.7 Å². The van der Waals surface area contributed by atoms with Crippen molar-refractivity contribution >= 4 is 21.6 Å². The first-order valence-electron chi connectivity index (χ1n) is 7.42. The number of halogens is 1. The van der Waals surface area contributed by atoms with E-state index in [1.165, 1.54) is 18.5 Å². The van der Waals surface area contributed by atoms with Crippen LogP contribution in [0.2, 0.25) is 0 Å². The van der Waals surface area contributed by atoms with Crippen LogP contribution >= 0.6 is 15.9 Å². The number of nitrogens with one attached hydrogen (secondary N) is 1. The van der Waals surface area contributed by atoms with E-state index in [2.05, 4.69) is 46.1 Å². The minimum absolute atomic E-state index is 0.557. The van der Waals surface area contributed by atoms with Crippen LogP contribution in [0.25, 0.3) is 0 Å². The molecule has 0 bridgehead atoms. The molecule has 1 aliphatic heterocycles. The molecule has 20 heavy (non-hydrogen) atoms. The number of hydrogen-bond donors (Lipinski definition) is 1. The second-order valence-corrected chi connectivity index (χ2v) is 6.81. The van der Waals surface area contributed by atoms with Crippen LogP contribution < -0.4 is 15.0 Å². The number of ether oxygens (including phenoxy) is 1. The molecule has 3 nitrogen and oxygen atoms in total. The topological polar surface area (TPSA) is 24.5 Å². The van der Waals surface area contributed by atoms with Crippen LogP contribution in [-0.4, -0.2) is 32.8 Å². The average Bonchev–Trinajstić information content (AvgIpc) is 2.63. The molecule has 4 heteroatoms. The van der Waals surface area contributed by atoms with E-state index in [1.807, 2.05) is 12.1 Å². The molecule has 1 aromatic carbocycles. The molecule has 112 valence electrons. The maximum absolute atomic E-state index is 5.53. The quantitative estimate of drug-likeness (QED) is 0.904. The molecule has 0 aliphatic carbocycles. The second-order valence-electron chi connectivity index (χ2n) is 5.90. The summed E-state index contributed by atoms with van der Waals surface area (Å²) in [6, 6.07) is 6.79. The van der Waals surface area contributed by atoms with Gasteiger partial charge < -0.3 is 15.0 Å². The Bertz CT molecular complexity index is 436. The Hall–Kier alpha value is -0.740. The Morgan fingerprint density at radius 3 is 2.95 bits per heavy atom. The van der Waals surface area contributed by atoms with Crippen LogP contribution in [0.3, 0.4) is 0 Å². The fourth-order valence-electron chi connectivity index (χ4n) is 2.85. The van der Waals surface area contributed by atoms with Crippen molar-refractivity contribution in [1.29, 1.82) is 0 Å². The van der Waals surface area contributed by atoms with E-state index in [4.69, 9.17) is 4.74 Å². The maximum atomic E-state index is 5.53. The molecule has 2 rings (SSSR count). The first-order valence-corrected chi connectivity index (χ1v) is 8.21. The zero-order valence-electron chi connectivity index (χ0n) is 12.7. The van der Waals surface area contributed by atoms with Crippen molar-refractivity contribution in [2.24, 2.45) is 5.92 Å². The third-order valence-electron chi connectivity index (χ3n) is 3.72. The first kappa shape index (κ1) is 15.6. The summed E-state index contributed by atoms with van der Waals surface area (Å²) in [6.45, 7) is 7.80. The molecule has 1 saturated heterocycles. The molecule has 0 saturated carbocycles. The predicted octanol–water partition coefficient (Wildman–Crippen LogP) is 3.67. The molecule has 1 heterocycles. The van der Waals surface area contributed by atoms with Gasteiger partial charge in [0.15, 0.2) is 0 Å². The van der Waals surface area contributed by atoms with Gasteiger partial charge in [0.05, 0.1) is 12.8 Å². The normalized spacial score (nSPS) is 20.1. The van der Waals surface area contributed by atoms with E-state index in [0.717, 1.165) is 35.8 Å². The highest BCUT2D eigenvalue weighted by molar-refractivity contribution is 9.10. The number of methoxy groups -OCH3 is 1.